The highest BCUT2D eigenvalue weighted by Gasteiger charge is 2.20. The standard InChI is InChI=1S/C17H20N2O2/c1-12-9-16(20)13(10-18-14-7-8-14)11-19(12)15-5-3-4-6-17(15)21-2/h3-6,9,11,14,18H,7-8,10H2,1-2H3. The molecular weight excluding hydrogens is 264 g/mol. The van der Waals surface area contributed by atoms with Crippen LogP contribution in [0.1, 0.15) is 24.1 Å². The van der Waals surface area contributed by atoms with Crippen LogP contribution in [0.15, 0.2) is 41.3 Å². The monoisotopic (exact) mass is 284 g/mol. The van der Waals surface area contributed by atoms with Crippen LogP contribution in [0.25, 0.3) is 5.69 Å². The molecule has 3 rings (SSSR count). The van der Waals surface area contributed by atoms with Gasteiger partial charge < -0.3 is 14.6 Å². The van der Waals surface area contributed by atoms with Crippen molar-refractivity contribution in [1.82, 2.24) is 9.88 Å². The van der Waals surface area contributed by atoms with Crippen LogP contribution in [-0.2, 0) is 6.54 Å². The molecule has 1 N–H and O–H groups in total. The van der Waals surface area contributed by atoms with Gasteiger partial charge in [0.05, 0.1) is 12.8 Å². The maximum atomic E-state index is 12.1. The number of aryl methyl sites for hydroxylation is 1. The molecule has 21 heavy (non-hydrogen) atoms. The number of nitrogens with zero attached hydrogens (tertiary/aromatic N) is 1. The minimum absolute atomic E-state index is 0.0896. The first-order valence-corrected chi connectivity index (χ1v) is 7.28. The van der Waals surface area contributed by atoms with Crippen molar-refractivity contribution in [2.24, 2.45) is 0 Å². The topological polar surface area (TPSA) is 43.3 Å². The fourth-order valence-electron chi connectivity index (χ4n) is 2.44. The predicted octanol–water partition coefficient (Wildman–Crippen LogP) is 2.41. The molecule has 0 unspecified atom stereocenters. The van der Waals surface area contributed by atoms with E-state index in [9.17, 15) is 4.79 Å². The van der Waals surface area contributed by atoms with Crippen molar-refractivity contribution in [3.63, 3.8) is 0 Å². The number of benzene rings is 1. The second-order valence-electron chi connectivity index (χ2n) is 5.50. The molecule has 1 aliphatic rings. The molecule has 1 heterocycles. The largest absolute Gasteiger partial charge is 0.495 e. The van der Waals surface area contributed by atoms with Crippen molar-refractivity contribution in [3.8, 4) is 11.4 Å². The summed E-state index contributed by atoms with van der Waals surface area (Å²) >= 11 is 0. The lowest BCUT2D eigenvalue weighted by Gasteiger charge is -2.16. The van der Waals surface area contributed by atoms with Crippen LogP contribution >= 0.6 is 0 Å². The van der Waals surface area contributed by atoms with Gasteiger partial charge in [-0.3, -0.25) is 4.79 Å². The maximum absolute atomic E-state index is 12.1. The van der Waals surface area contributed by atoms with E-state index in [1.165, 1.54) is 12.8 Å². The summed E-state index contributed by atoms with van der Waals surface area (Å²) in [7, 11) is 1.66. The fraction of sp³-hybridized carbons (Fsp3) is 0.353. The molecule has 0 aliphatic heterocycles. The van der Waals surface area contributed by atoms with Gasteiger partial charge in [-0.15, -0.1) is 0 Å². The van der Waals surface area contributed by atoms with Crippen LogP contribution in [0.2, 0.25) is 0 Å². The highest BCUT2D eigenvalue weighted by molar-refractivity contribution is 5.48. The second kappa shape index (κ2) is 5.74. The molecule has 1 aliphatic carbocycles. The summed E-state index contributed by atoms with van der Waals surface area (Å²) in [6.07, 6.45) is 4.35. The van der Waals surface area contributed by atoms with Gasteiger partial charge in [0.25, 0.3) is 0 Å². The maximum Gasteiger partial charge on any atom is 0.186 e. The molecule has 4 nitrogen and oxygen atoms in total. The Morgan fingerprint density at radius 1 is 1.33 bits per heavy atom. The molecular formula is C17H20N2O2. The molecule has 4 heteroatoms. The van der Waals surface area contributed by atoms with Gasteiger partial charge in [0.2, 0.25) is 0 Å². The zero-order chi connectivity index (χ0) is 14.8. The van der Waals surface area contributed by atoms with Crippen molar-refractivity contribution < 1.29 is 4.74 Å². The van der Waals surface area contributed by atoms with Crippen LogP contribution in [0.3, 0.4) is 0 Å². The first-order valence-electron chi connectivity index (χ1n) is 7.28. The highest BCUT2D eigenvalue weighted by Crippen LogP contribution is 2.23. The van der Waals surface area contributed by atoms with Crippen molar-refractivity contribution in [3.05, 3.63) is 58.0 Å². The lowest BCUT2D eigenvalue weighted by atomic mass is 10.2. The number of rotatable bonds is 5. The lowest BCUT2D eigenvalue weighted by Crippen LogP contribution is -2.23. The van der Waals surface area contributed by atoms with E-state index in [1.807, 2.05) is 42.0 Å². The molecule has 0 saturated heterocycles. The Bertz CT molecular complexity index is 702. The minimum Gasteiger partial charge on any atom is -0.495 e. The lowest BCUT2D eigenvalue weighted by molar-refractivity contribution is 0.412. The van der Waals surface area contributed by atoms with Crippen LogP contribution in [-0.4, -0.2) is 17.7 Å². The third-order valence-electron chi connectivity index (χ3n) is 3.82. The van der Waals surface area contributed by atoms with E-state index in [2.05, 4.69) is 5.32 Å². The quantitative estimate of drug-likeness (QED) is 0.917. The molecule has 1 aromatic heterocycles. The highest BCUT2D eigenvalue weighted by atomic mass is 16.5. The van der Waals surface area contributed by atoms with Gasteiger partial charge in [-0.2, -0.15) is 0 Å². The summed E-state index contributed by atoms with van der Waals surface area (Å²) in [4.78, 5) is 12.1. The van der Waals surface area contributed by atoms with Crippen molar-refractivity contribution in [2.45, 2.75) is 32.4 Å². The Kier molecular flexibility index (Phi) is 3.80. The predicted molar refractivity (Wildman–Crippen MR) is 83.2 cm³/mol. The number of aromatic nitrogens is 1. The normalized spacial score (nSPS) is 14.2. The smallest absolute Gasteiger partial charge is 0.186 e. The van der Waals surface area contributed by atoms with Crippen molar-refractivity contribution >= 4 is 0 Å². The number of hydrogen-bond donors (Lipinski definition) is 1. The Hall–Kier alpha value is -2.07. The van der Waals surface area contributed by atoms with Crippen molar-refractivity contribution in [2.75, 3.05) is 7.11 Å². The molecule has 0 radical (unpaired) electrons. The van der Waals surface area contributed by atoms with Crippen LogP contribution in [0.4, 0.5) is 0 Å². The summed E-state index contributed by atoms with van der Waals surface area (Å²) in [6.45, 7) is 2.56. The van der Waals surface area contributed by atoms with Gasteiger partial charge >= 0.3 is 0 Å². The SMILES string of the molecule is COc1ccccc1-n1cc(CNC2CC2)c(=O)cc1C. The van der Waals surface area contributed by atoms with E-state index in [-0.39, 0.29) is 5.43 Å². The summed E-state index contributed by atoms with van der Waals surface area (Å²) in [5.74, 6) is 0.797. The van der Waals surface area contributed by atoms with Crippen LogP contribution in [0, 0.1) is 6.92 Å². The first kappa shape index (κ1) is 13.9. The third-order valence-corrected chi connectivity index (χ3v) is 3.82. The van der Waals surface area contributed by atoms with Gasteiger partial charge in [0, 0.05) is 36.1 Å². The van der Waals surface area contributed by atoms with Crippen LogP contribution in [0.5, 0.6) is 5.75 Å². The molecule has 1 aromatic carbocycles. The molecule has 0 amide bonds. The van der Waals surface area contributed by atoms with Gasteiger partial charge in [-0.1, -0.05) is 12.1 Å². The summed E-state index contributed by atoms with van der Waals surface area (Å²) in [5.41, 5.74) is 2.73. The van der Waals surface area contributed by atoms with E-state index in [4.69, 9.17) is 4.74 Å². The van der Waals surface area contributed by atoms with E-state index < -0.39 is 0 Å². The molecule has 0 spiro atoms. The number of methoxy groups -OCH3 is 1. The zero-order valence-corrected chi connectivity index (χ0v) is 12.4. The van der Waals surface area contributed by atoms with Gasteiger partial charge in [-0.25, -0.2) is 0 Å². The number of ether oxygens (including phenoxy) is 1. The fourth-order valence-corrected chi connectivity index (χ4v) is 2.44. The molecule has 0 atom stereocenters. The Morgan fingerprint density at radius 3 is 2.81 bits per heavy atom. The van der Waals surface area contributed by atoms with Gasteiger partial charge in [-0.05, 0) is 31.9 Å². The van der Waals surface area contributed by atoms with Gasteiger partial charge in [0.15, 0.2) is 5.43 Å². The van der Waals surface area contributed by atoms with E-state index in [0.717, 1.165) is 22.7 Å². The third kappa shape index (κ3) is 3.00. The Balaban J connectivity index is 2.00. The molecule has 110 valence electrons. The number of pyridine rings is 1. The zero-order valence-electron chi connectivity index (χ0n) is 12.4. The van der Waals surface area contributed by atoms with E-state index in [0.29, 0.717) is 12.6 Å². The average molecular weight is 284 g/mol. The Labute approximate surface area is 124 Å². The molecule has 2 aromatic rings. The van der Waals surface area contributed by atoms with Gasteiger partial charge in [0.1, 0.15) is 5.75 Å². The van der Waals surface area contributed by atoms with Crippen molar-refractivity contribution in [1.29, 1.82) is 0 Å². The second-order valence-corrected chi connectivity index (χ2v) is 5.50. The van der Waals surface area contributed by atoms with E-state index in [1.54, 1.807) is 13.2 Å². The summed E-state index contributed by atoms with van der Waals surface area (Å²) in [5, 5.41) is 3.40. The average Bonchev–Trinajstić information content (AvgIpc) is 3.31. The minimum atomic E-state index is 0.0896. The summed E-state index contributed by atoms with van der Waals surface area (Å²) in [6, 6.07) is 10.1. The summed E-state index contributed by atoms with van der Waals surface area (Å²) < 4.78 is 7.44. The number of para-hydroxylation sites is 2. The number of nitrogens with one attached hydrogen (secondary N) is 1. The van der Waals surface area contributed by atoms with E-state index >= 15 is 0 Å². The number of hydrogen-bond acceptors (Lipinski definition) is 3. The molecule has 1 fully saturated rings. The molecule has 1 saturated carbocycles. The molecule has 0 bridgehead atoms. The first-order chi connectivity index (χ1) is 10.2. The Morgan fingerprint density at radius 2 is 2.10 bits per heavy atom. The van der Waals surface area contributed by atoms with Crippen LogP contribution < -0.4 is 15.5 Å².